The van der Waals surface area contributed by atoms with E-state index >= 15 is 0 Å². The third-order valence-electron chi connectivity index (χ3n) is 2.01. The predicted octanol–water partition coefficient (Wildman–Crippen LogP) is 2.77. The van der Waals surface area contributed by atoms with Gasteiger partial charge in [-0.15, -0.1) is 0 Å². The highest BCUT2D eigenvalue weighted by Crippen LogP contribution is 2.40. The van der Waals surface area contributed by atoms with Gasteiger partial charge in [0.2, 0.25) is 0 Å². The molecule has 0 aromatic heterocycles. The van der Waals surface area contributed by atoms with Crippen molar-refractivity contribution in [3.63, 3.8) is 0 Å². The maximum atomic E-state index is 12.6. The Morgan fingerprint density at radius 1 is 1.53 bits per heavy atom. The molecule has 0 saturated heterocycles. The van der Waals surface area contributed by atoms with Crippen molar-refractivity contribution in [3.05, 3.63) is 22.7 Å². The van der Waals surface area contributed by atoms with Gasteiger partial charge in [-0.2, -0.15) is 13.2 Å². The van der Waals surface area contributed by atoms with Crippen LogP contribution in [0.2, 0.25) is 5.02 Å². The third-order valence-corrected chi connectivity index (χ3v) is 2.29. The van der Waals surface area contributed by atoms with Crippen LogP contribution in [-0.2, 0) is 11.0 Å². The second-order valence-corrected chi connectivity index (χ2v) is 3.68. The number of anilines is 1. The fourth-order valence-corrected chi connectivity index (χ4v) is 1.57. The summed E-state index contributed by atoms with van der Waals surface area (Å²) in [5.74, 6) is -1.06. The zero-order valence-electron chi connectivity index (χ0n) is 9.45. The molecule has 0 aliphatic carbocycles. The van der Waals surface area contributed by atoms with E-state index in [4.69, 9.17) is 21.5 Å². The van der Waals surface area contributed by atoms with Crippen LogP contribution in [0.5, 0.6) is 5.75 Å². The van der Waals surface area contributed by atoms with Crippen LogP contribution >= 0.6 is 11.6 Å². The first-order valence-corrected chi connectivity index (χ1v) is 5.10. The van der Waals surface area contributed by atoms with Gasteiger partial charge in [-0.1, -0.05) is 16.8 Å². The molecule has 0 saturated carbocycles. The van der Waals surface area contributed by atoms with Gasteiger partial charge in [-0.05, 0) is 12.1 Å². The van der Waals surface area contributed by atoms with Gasteiger partial charge in [0.25, 0.3) is 5.91 Å². The lowest BCUT2D eigenvalue weighted by atomic mass is 10.1. The molecule has 0 unspecified atom stereocenters. The van der Waals surface area contributed by atoms with Gasteiger partial charge in [0.05, 0.1) is 23.4 Å². The molecule has 2 N–H and O–H groups in total. The van der Waals surface area contributed by atoms with E-state index in [-0.39, 0.29) is 16.5 Å². The van der Waals surface area contributed by atoms with Crippen LogP contribution in [0, 0.1) is 0 Å². The van der Waals surface area contributed by atoms with Crippen LogP contribution in [0.15, 0.2) is 17.3 Å². The maximum absolute atomic E-state index is 12.6. The van der Waals surface area contributed by atoms with E-state index in [1.54, 1.807) is 0 Å². The Morgan fingerprint density at radius 3 is 2.63 bits per heavy atom. The molecule has 104 valence electrons. The lowest BCUT2D eigenvalue weighted by Crippen LogP contribution is -2.15. The van der Waals surface area contributed by atoms with Crippen LogP contribution in [-0.4, -0.2) is 24.4 Å². The summed E-state index contributed by atoms with van der Waals surface area (Å²) in [6.07, 6.45) is -4.14. The highest BCUT2D eigenvalue weighted by Gasteiger charge is 2.32. The van der Waals surface area contributed by atoms with Crippen molar-refractivity contribution >= 4 is 29.4 Å². The van der Waals surface area contributed by atoms with Crippen LogP contribution in [0.1, 0.15) is 5.56 Å². The molecule has 1 rings (SSSR count). The highest BCUT2D eigenvalue weighted by molar-refractivity contribution is 6.34. The van der Waals surface area contributed by atoms with Gasteiger partial charge in [-0.25, -0.2) is 0 Å². The molecule has 0 radical (unpaired) electrons. The number of hydrogen-bond acceptors (Lipinski definition) is 4. The van der Waals surface area contributed by atoms with Gasteiger partial charge >= 0.3 is 6.18 Å². The maximum Gasteiger partial charge on any atom is 0.416 e. The Morgan fingerprint density at radius 2 is 2.16 bits per heavy atom. The minimum absolute atomic E-state index is 0.130. The summed E-state index contributed by atoms with van der Waals surface area (Å²) in [7, 11) is 1.18. The minimum Gasteiger partial charge on any atom is -0.493 e. The molecule has 0 spiro atoms. The normalized spacial score (nSPS) is 11.6. The number of rotatable bonds is 3. The van der Waals surface area contributed by atoms with Crippen LogP contribution in [0.4, 0.5) is 18.9 Å². The summed E-state index contributed by atoms with van der Waals surface area (Å²) in [6.45, 7) is 0. The highest BCUT2D eigenvalue weighted by atomic mass is 35.5. The average molecular weight is 297 g/mol. The second-order valence-electron chi connectivity index (χ2n) is 3.27. The van der Waals surface area contributed by atoms with Crippen LogP contribution in [0.25, 0.3) is 0 Å². The summed E-state index contributed by atoms with van der Waals surface area (Å²) in [4.78, 5) is 11.2. The van der Waals surface area contributed by atoms with Crippen molar-refractivity contribution in [2.45, 2.75) is 6.18 Å². The van der Waals surface area contributed by atoms with E-state index in [1.165, 1.54) is 7.11 Å². The number of carbonyl (C=O) groups excluding carboxylic acids is 1. The molecule has 0 fully saturated rings. The van der Waals surface area contributed by atoms with E-state index in [0.29, 0.717) is 18.3 Å². The van der Waals surface area contributed by atoms with Crippen molar-refractivity contribution in [3.8, 4) is 5.75 Å². The number of oxime groups is 1. The lowest BCUT2D eigenvalue weighted by molar-refractivity contribution is -0.137. The average Bonchev–Trinajstić information content (AvgIpc) is 2.27. The zero-order chi connectivity index (χ0) is 14.6. The zero-order valence-corrected chi connectivity index (χ0v) is 10.2. The Kier molecular flexibility index (Phi) is 4.60. The molecule has 19 heavy (non-hydrogen) atoms. The van der Waals surface area contributed by atoms with Crippen LogP contribution in [0.3, 0.4) is 0 Å². The number of methoxy groups -OCH3 is 1. The van der Waals surface area contributed by atoms with Gasteiger partial charge in [-0.3, -0.25) is 4.79 Å². The quantitative estimate of drug-likeness (QED) is 0.512. The van der Waals surface area contributed by atoms with Gasteiger partial charge in [0, 0.05) is 0 Å². The molecular formula is C10H8ClF3N2O3. The van der Waals surface area contributed by atoms with Crippen molar-refractivity contribution in [2.75, 3.05) is 12.4 Å². The van der Waals surface area contributed by atoms with Crippen molar-refractivity contribution in [2.24, 2.45) is 5.16 Å². The molecule has 0 aliphatic heterocycles. The Bertz CT molecular complexity index is 517. The Hall–Kier alpha value is -1.96. The van der Waals surface area contributed by atoms with Gasteiger partial charge in [0.15, 0.2) is 5.75 Å². The summed E-state index contributed by atoms with van der Waals surface area (Å²) in [6, 6.07) is 1.34. The summed E-state index contributed by atoms with van der Waals surface area (Å²) in [5, 5.41) is 12.3. The lowest BCUT2D eigenvalue weighted by Gasteiger charge is -2.14. The first-order valence-electron chi connectivity index (χ1n) is 4.72. The topological polar surface area (TPSA) is 70.9 Å². The van der Waals surface area contributed by atoms with Crippen LogP contribution < -0.4 is 10.1 Å². The number of ether oxygens (including phenoxy) is 1. The Balaban J connectivity index is 3.27. The molecule has 1 amide bonds. The fourth-order valence-electron chi connectivity index (χ4n) is 1.27. The molecule has 9 heteroatoms. The Labute approximate surface area is 110 Å². The molecule has 0 bridgehead atoms. The largest absolute Gasteiger partial charge is 0.493 e. The third kappa shape index (κ3) is 3.75. The fraction of sp³-hybridized carbons (Fsp3) is 0.200. The van der Waals surface area contributed by atoms with Gasteiger partial charge < -0.3 is 15.3 Å². The molecule has 0 heterocycles. The SMILES string of the molecule is COc1c(Cl)cc(C(F)(F)F)cc1NC(=O)C=NO. The van der Waals surface area contributed by atoms with Gasteiger partial charge in [0.1, 0.15) is 6.21 Å². The molecule has 5 nitrogen and oxygen atoms in total. The number of hydrogen-bond donors (Lipinski definition) is 2. The number of benzene rings is 1. The summed E-state index contributed by atoms with van der Waals surface area (Å²) < 4.78 is 42.6. The van der Waals surface area contributed by atoms with E-state index in [1.807, 2.05) is 0 Å². The molecule has 1 aromatic rings. The smallest absolute Gasteiger partial charge is 0.416 e. The number of alkyl halides is 3. The monoisotopic (exact) mass is 296 g/mol. The van der Waals surface area contributed by atoms with Crippen molar-refractivity contribution in [1.82, 2.24) is 0 Å². The number of nitrogens with one attached hydrogen (secondary N) is 1. The molecule has 0 atom stereocenters. The molecule has 1 aromatic carbocycles. The van der Waals surface area contributed by atoms with Crippen molar-refractivity contribution < 1.29 is 27.9 Å². The minimum atomic E-state index is -4.62. The number of nitrogens with zero attached hydrogens (tertiary/aromatic N) is 1. The van der Waals surface area contributed by atoms with E-state index in [0.717, 1.165) is 0 Å². The summed E-state index contributed by atoms with van der Waals surface area (Å²) >= 11 is 5.64. The second kappa shape index (κ2) is 5.79. The number of amides is 1. The number of halogens is 4. The first-order chi connectivity index (χ1) is 8.79. The van der Waals surface area contributed by atoms with E-state index in [9.17, 15) is 18.0 Å². The van der Waals surface area contributed by atoms with E-state index in [2.05, 4.69) is 10.5 Å². The first kappa shape index (κ1) is 15.1. The number of carbonyl (C=O) groups is 1. The standard InChI is InChI=1S/C10H8ClF3N2O3/c1-19-9-6(11)2-5(10(12,13)14)3-7(9)16-8(17)4-15-18/h2-4,18H,1H3,(H,16,17). The van der Waals surface area contributed by atoms with E-state index < -0.39 is 17.6 Å². The molecule has 0 aliphatic rings. The van der Waals surface area contributed by atoms with Crippen molar-refractivity contribution in [1.29, 1.82) is 0 Å². The summed E-state index contributed by atoms with van der Waals surface area (Å²) in [5.41, 5.74) is -1.33. The predicted molar refractivity (Wildman–Crippen MR) is 61.9 cm³/mol. The molecular weight excluding hydrogens is 289 g/mol.